The number of aryl methyl sites for hydroxylation is 1. The molecule has 1 aliphatic heterocycles. The van der Waals surface area contributed by atoms with Gasteiger partial charge >= 0.3 is 0 Å². The van der Waals surface area contributed by atoms with Crippen LogP contribution in [0.1, 0.15) is 36.6 Å². The Morgan fingerprint density at radius 2 is 2.25 bits per heavy atom. The smallest absolute Gasteiger partial charge is 0.144 e. The highest BCUT2D eigenvalue weighted by Gasteiger charge is 2.32. The van der Waals surface area contributed by atoms with Crippen molar-refractivity contribution >= 4 is 5.78 Å². The number of aromatic nitrogens is 1. The minimum Gasteiger partial charge on any atom is -0.496 e. The van der Waals surface area contributed by atoms with Gasteiger partial charge in [-0.2, -0.15) is 0 Å². The van der Waals surface area contributed by atoms with Crippen molar-refractivity contribution in [2.75, 3.05) is 13.7 Å². The zero-order chi connectivity index (χ0) is 14.7. The fraction of sp³-hybridized carbons (Fsp3) is 0.625. The number of ether oxygens (including phenoxy) is 2. The maximum Gasteiger partial charge on any atom is 0.144 e. The van der Waals surface area contributed by atoms with Gasteiger partial charge in [0, 0.05) is 36.3 Å². The van der Waals surface area contributed by atoms with Crippen LogP contribution in [0.25, 0.3) is 0 Å². The van der Waals surface area contributed by atoms with E-state index in [0.29, 0.717) is 13.0 Å². The van der Waals surface area contributed by atoms with E-state index in [2.05, 4.69) is 11.9 Å². The van der Waals surface area contributed by atoms with Gasteiger partial charge in [-0.3, -0.25) is 9.78 Å². The first-order valence-corrected chi connectivity index (χ1v) is 7.21. The van der Waals surface area contributed by atoms with Crippen LogP contribution in [0.5, 0.6) is 5.75 Å². The zero-order valence-corrected chi connectivity index (χ0v) is 12.7. The average molecular weight is 277 g/mol. The van der Waals surface area contributed by atoms with Gasteiger partial charge in [0.15, 0.2) is 0 Å². The first-order valence-electron chi connectivity index (χ1n) is 7.21. The van der Waals surface area contributed by atoms with E-state index in [1.165, 1.54) is 0 Å². The van der Waals surface area contributed by atoms with Gasteiger partial charge in [-0.15, -0.1) is 0 Å². The number of pyridine rings is 1. The monoisotopic (exact) mass is 277 g/mol. The molecule has 1 aromatic heterocycles. The molecule has 2 atom stereocenters. The predicted molar refractivity (Wildman–Crippen MR) is 77.1 cm³/mol. The first-order chi connectivity index (χ1) is 9.58. The van der Waals surface area contributed by atoms with Gasteiger partial charge in [0.25, 0.3) is 0 Å². The van der Waals surface area contributed by atoms with Crippen molar-refractivity contribution in [1.29, 1.82) is 0 Å². The Kier molecular flexibility index (Phi) is 4.76. The van der Waals surface area contributed by atoms with E-state index in [4.69, 9.17) is 9.47 Å². The van der Waals surface area contributed by atoms with E-state index >= 15 is 0 Å². The Bertz CT molecular complexity index is 499. The van der Waals surface area contributed by atoms with Crippen LogP contribution >= 0.6 is 0 Å². The molecular weight excluding hydrogens is 254 g/mol. The van der Waals surface area contributed by atoms with Crippen LogP contribution in [0.3, 0.4) is 0 Å². The molecule has 0 amide bonds. The van der Waals surface area contributed by atoms with E-state index in [0.717, 1.165) is 35.4 Å². The number of carbonyl (C=O) groups is 1. The average Bonchev–Trinajstić information content (AvgIpc) is 2.91. The summed E-state index contributed by atoms with van der Waals surface area (Å²) in [4.78, 5) is 16.9. The third-order valence-corrected chi connectivity index (χ3v) is 4.12. The van der Waals surface area contributed by atoms with Crippen LogP contribution < -0.4 is 4.74 Å². The predicted octanol–water partition coefficient (Wildman–Crippen LogP) is 2.63. The van der Waals surface area contributed by atoms with Crippen LogP contribution in [0.15, 0.2) is 6.20 Å². The second-order valence-corrected chi connectivity index (χ2v) is 5.40. The lowest BCUT2D eigenvalue weighted by Crippen LogP contribution is -2.25. The normalized spacial score (nSPS) is 22.0. The van der Waals surface area contributed by atoms with Crippen molar-refractivity contribution < 1.29 is 14.3 Å². The largest absolute Gasteiger partial charge is 0.496 e. The van der Waals surface area contributed by atoms with E-state index in [1.807, 2.05) is 13.8 Å². The van der Waals surface area contributed by atoms with Gasteiger partial charge in [0.05, 0.1) is 18.9 Å². The van der Waals surface area contributed by atoms with Gasteiger partial charge < -0.3 is 9.47 Å². The van der Waals surface area contributed by atoms with Gasteiger partial charge in [0.2, 0.25) is 0 Å². The number of nitrogens with zero attached hydrogens (tertiary/aromatic N) is 1. The Labute approximate surface area is 120 Å². The molecule has 2 heterocycles. The van der Waals surface area contributed by atoms with Crippen LogP contribution in [-0.2, 0) is 16.0 Å². The Morgan fingerprint density at radius 1 is 1.50 bits per heavy atom. The maximum atomic E-state index is 12.5. The number of hydrogen-bond acceptors (Lipinski definition) is 4. The molecule has 0 aromatic carbocycles. The van der Waals surface area contributed by atoms with Gasteiger partial charge in [-0.1, -0.05) is 6.92 Å². The summed E-state index contributed by atoms with van der Waals surface area (Å²) in [5.74, 6) is 1.09. The fourth-order valence-corrected chi connectivity index (χ4v) is 2.96. The van der Waals surface area contributed by atoms with Crippen molar-refractivity contribution in [2.45, 2.75) is 46.1 Å². The summed E-state index contributed by atoms with van der Waals surface area (Å²) in [6.07, 6.45) is 3.94. The number of ketones is 1. The molecule has 0 saturated carbocycles. The standard InChI is InChI=1S/C16H23NO3/c1-5-15-12(6-7-20-15)14(18)8-13-11(3)16(19-4)10(2)9-17-13/h9,12,15H,5-8H2,1-4H3. The summed E-state index contributed by atoms with van der Waals surface area (Å²) in [5.41, 5.74) is 2.78. The minimum absolute atomic E-state index is 0.0218. The number of rotatable bonds is 5. The van der Waals surface area contributed by atoms with Crippen molar-refractivity contribution in [2.24, 2.45) is 5.92 Å². The van der Waals surface area contributed by atoms with E-state index in [-0.39, 0.29) is 17.8 Å². The Hall–Kier alpha value is -1.42. The molecule has 1 aliphatic rings. The maximum absolute atomic E-state index is 12.5. The minimum atomic E-state index is 0.0218. The second-order valence-electron chi connectivity index (χ2n) is 5.40. The molecule has 0 bridgehead atoms. The first kappa shape index (κ1) is 15.0. The van der Waals surface area contributed by atoms with Gasteiger partial charge in [0.1, 0.15) is 11.5 Å². The lowest BCUT2D eigenvalue weighted by Gasteiger charge is -2.17. The van der Waals surface area contributed by atoms with Crippen molar-refractivity contribution in [3.05, 3.63) is 23.0 Å². The topological polar surface area (TPSA) is 48.4 Å². The summed E-state index contributed by atoms with van der Waals surface area (Å²) in [6.45, 7) is 6.68. The highest BCUT2D eigenvalue weighted by atomic mass is 16.5. The van der Waals surface area contributed by atoms with Crippen molar-refractivity contribution in [1.82, 2.24) is 4.98 Å². The molecule has 4 nitrogen and oxygen atoms in total. The molecule has 2 rings (SSSR count). The van der Waals surface area contributed by atoms with Crippen LogP contribution in [0.2, 0.25) is 0 Å². The highest BCUT2D eigenvalue weighted by molar-refractivity contribution is 5.84. The quantitative estimate of drug-likeness (QED) is 0.830. The third kappa shape index (κ3) is 2.85. The fourth-order valence-electron chi connectivity index (χ4n) is 2.96. The molecule has 1 fully saturated rings. The second kappa shape index (κ2) is 6.35. The number of Topliss-reactive ketones (excluding diaryl/α,β-unsaturated/α-hetero) is 1. The number of methoxy groups -OCH3 is 1. The van der Waals surface area contributed by atoms with Crippen molar-refractivity contribution in [3.63, 3.8) is 0 Å². The van der Waals surface area contributed by atoms with Gasteiger partial charge in [-0.05, 0) is 26.7 Å². The lowest BCUT2D eigenvalue weighted by molar-refractivity contribution is -0.123. The van der Waals surface area contributed by atoms with Crippen LogP contribution in [0, 0.1) is 19.8 Å². The molecule has 0 N–H and O–H groups in total. The summed E-state index contributed by atoms with van der Waals surface area (Å²) in [5, 5.41) is 0. The van der Waals surface area contributed by atoms with Crippen LogP contribution in [0.4, 0.5) is 0 Å². The molecule has 1 saturated heterocycles. The van der Waals surface area contributed by atoms with Crippen molar-refractivity contribution in [3.8, 4) is 5.75 Å². The molecule has 0 radical (unpaired) electrons. The van der Waals surface area contributed by atoms with E-state index in [9.17, 15) is 4.79 Å². The van der Waals surface area contributed by atoms with Crippen LogP contribution in [-0.4, -0.2) is 30.6 Å². The SMILES string of the molecule is CCC1OCCC1C(=O)Cc1ncc(C)c(OC)c1C. The summed E-state index contributed by atoms with van der Waals surface area (Å²) >= 11 is 0. The summed E-state index contributed by atoms with van der Waals surface area (Å²) in [6, 6.07) is 0. The Balaban J connectivity index is 2.16. The molecule has 4 heteroatoms. The summed E-state index contributed by atoms with van der Waals surface area (Å²) in [7, 11) is 1.65. The summed E-state index contributed by atoms with van der Waals surface area (Å²) < 4.78 is 11.0. The van der Waals surface area contributed by atoms with E-state index in [1.54, 1.807) is 13.3 Å². The van der Waals surface area contributed by atoms with Gasteiger partial charge in [-0.25, -0.2) is 0 Å². The zero-order valence-electron chi connectivity index (χ0n) is 12.7. The highest BCUT2D eigenvalue weighted by Crippen LogP contribution is 2.28. The third-order valence-electron chi connectivity index (χ3n) is 4.12. The molecule has 0 spiro atoms. The number of carbonyl (C=O) groups excluding carboxylic acids is 1. The molecule has 110 valence electrons. The van der Waals surface area contributed by atoms with E-state index < -0.39 is 0 Å². The molecule has 1 aromatic rings. The molecule has 20 heavy (non-hydrogen) atoms. The Morgan fingerprint density at radius 3 is 2.90 bits per heavy atom. The number of hydrogen-bond donors (Lipinski definition) is 0. The molecule has 2 unspecified atom stereocenters. The lowest BCUT2D eigenvalue weighted by atomic mass is 9.91. The molecule has 0 aliphatic carbocycles. The molecular formula is C16H23NO3.